The van der Waals surface area contributed by atoms with Crippen molar-refractivity contribution in [2.75, 3.05) is 52.5 Å². The molecule has 0 atom stereocenters. The highest BCUT2D eigenvalue weighted by molar-refractivity contribution is 8.76. The van der Waals surface area contributed by atoms with Gasteiger partial charge in [-0.2, -0.15) is 5.26 Å². The van der Waals surface area contributed by atoms with E-state index in [-0.39, 0.29) is 47.7 Å². The molecule has 3 heterocycles. The molecule has 3 N–H and O–H groups in total. The van der Waals surface area contributed by atoms with Gasteiger partial charge in [0.15, 0.2) is 0 Å². The Morgan fingerprint density at radius 2 is 1.41 bits per heavy atom. The first-order valence-electron chi connectivity index (χ1n) is 16.3. The van der Waals surface area contributed by atoms with E-state index in [4.69, 9.17) is 16.3 Å². The predicted molar refractivity (Wildman–Crippen MR) is 234 cm³/mol. The highest BCUT2D eigenvalue weighted by Crippen LogP contribution is 2.28. The molecule has 0 spiro atoms. The zero-order valence-electron chi connectivity index (χ0n) is 34.9. The lowest BCUT2D eigenvalue weighted by atomic mass is 10.4. The molecule has 0 bridgehead atoms. The molecule has 1 fully saturated rings. The van der Waals surface area contributed by atoms with Crippen LogP contribution in [-0.2, 0) is 57.1 Å². The van der Waals surface area contributed by atoms with Crippen LogP contribution in [0.15, 0.2) is 51.8 Å². The van der Waals surface area contributed by atoms with Gasteiger partial charge in [0, 0.05) is 83.1 Å². The SMILES string of the molecule is C#CC.CC(=O)N=[N+]=[N-].CC(=O)ON1C(=O)CCC1=O.CN=[N+]=[N-].CNC(=O)CN1C(=O)C=CC1=O.CNC(=O)CSS(=O)(=O)[O-].CNC(=O)CSSc1ccccn1.CSC#N. The molecular formula is C32H44N13O13S5-. The maximum absolute atomic E-state index is 10.9. The highest BCUT2D eigenvalue weighted by Gasteiger charge is 2.31. The monoisotopic (exact) mass is 978 g/mol. The summed E-state index contributed by atoms with van der Waals surface area (Å²) in [6.45, 7) is 3.78. The van der Waals surface area contributed by atoms with Crippen molar-refractivity contribution in [3.05, 3.63) is 57.4 Å². The van der Waals surface area contributed by atoms with Gasteiger partial charge in [-0.3, -0.25) is 43.3 Å². The molecule has 31 heteroatoms. The zero-order valence-corrected chi connectivity index (χ0v) is 39.0. The summed E-state index contributed by atoms with van der Waals surface area (Å²) in [5, 5.41) is 23.5. The van der Waals surface area contributed by atoms with Crippen LogP contribution in [-0.4, -0.2) is 134 Å². The fraction of sp³-hybridized carbons (Fsp3) is 0.406. The molecule has 0 unspecified atom stereocenters. The maximum atomic E-state index is 10.9. The Labute approximate surface area is 378 Å². The van der Waals surface area contributed by atoms with Crippen LogP contribution in [0.1, 0.15) is 33.6 Å². The lowest BCUT2D eigenvalue weighted by molar-refractivity contribution is -0.195. The molecule has 26 nitrogen and oxygen atoms in total. The number of nitriles is 1. The van der Waals surface area contributed by atoms with Gasteiger partial charge >= 0.3 is 5.97 Å². The van der Waals surface area contributed by atoms with Crippen molar-refractivity contribution in [2.45, 2.75) is 38.6 Å². The molecule has 0 aromatic carbocycles. The number of hydroxylamine groups is 2. The van der Waals surface area contributed by atoms with Crippen LogP contribution >= 0.6 is 44.1 Å². The van der Waals surface area contributed by atoms with E-state index in [0.717, 1.165) is 40.8 Å². The van der Waals surface area contributed by atoms with E-state index >= 15 is 0 Å². The van der Waals surface area contributed by atoms with Crippen molar-refractivity contribution < 1.29 is 61.0 Å². The van der Waals surface area contributed by atoms with E-state index in [9.17, 15) is 56.1 Å². The van der Waals surface area contributed by atoms with Gasteiger partial charge in [0.2, 0.25) is 23.6 Å². The second-order valence-electron chi connectivity index (χ2n) is 9.55. The molecule has 0 saturated carbocycles. The van der Waals surface area contributed by atoms with Crippen LogP contribution in [0.5, 0.6) is 0 Å². The van der Waals surface area contributed by atoms with E-state index < -0.39 is 50.6 Å². The third-order valence-electron chi connectivity index (χ3n) is 4.94. The highest BCUT2D eigenvalue weighted by atomic mass is 33.1. The Kier molecular flexibility index (Phi) is 45.7. The van der Waals surface area contributed by atoms with Crippen LogP contribution in [0.25, 0.3) is 20.9 Å². The molecule has 1 saturated heterocycles. The summed E-state index contributed by atoms with van der Waals surface area (Å²) in [6.07, 6.45) is 10.6. The summed E-state index contributed by atoms with van der Waals surface area (Å²) in [7, 11) is 4.57. The molecule has 1 aromatic rings. The van der Waals surface area contributed by atoms with Gasteiger partial charge in [-0.1, -0.05) is 22.0 Å². The number of carbonyl (C=O) groups is 9. The minimum Gasteiger partial charge on any atom is -0.739 e. The number of aromatic nitrogens is 1. The molecule has 3 rings (SSSR count). The number of nitrogens with zero attached hydrogens (tertiary/aromatic N) is 10. The number of terminal acetylenes is 1. The molecule has 0 aliphatic carbocycles. The molecule has 0 radical (unpaired) electrons. The quantitative estimate of drug-likeness (QED) is 0.0441. The summed E-state index contributed by atoms with van der Waals surface area (Å²) in [5.74, 6) is -1.40. The van der Waals surface area contributed by atoms with Gasteiger partial charge < -0.3 is 25.3 Å². The van der Waals surface area contributed by atoms with Gasteiger partial charge in [-0.05, 0) is 74.8 Å². The van der Waals surface area contributed by atoms with Crippen LogP contribution in [0.3, 0.4) is 0 Å². The fourth-order valence-corrected chi connectivity index (χ4v) is 5.44. The molecule has 63 heavy (non-hydrogen) atoms. The molecule has 1 aromatic heterocycles. The lowest BCUT2D eigenvalue weighted by Crippen LogP contribution is -2.39. The van der Waals surface area contributed by atoms with Crippen LogP contribution in [0.2, 0.25) is 0 Å². The van der Waals surface area contributed by atoms with Gasteiger partial charge in [0.05, 0.1) is 11.5 Å². The fourth-order valence-electron chi connectivity index (χ4n) is 2.47. The second-order valence-corrected chi connectivity index (χ2v) is 15.7. The third kappa shape index (κ3) is 46.6. The van der Waals surface area contributed by atoms with Gasteiger partial charge in [-0.15, -0.1) is 17.4 Å². The number of imide groups is 2. The summed E-state index contributed by atoms with van der Waals surface area (Å²) >= 11 is 1.16. The van der Waals surface area contributed by atoms with Gasteiger partial charge in [0.1, 0.15) is 26.1 Å². The standard InChI is InChI=1S/C8H10N2OS2.C7H8N2O3.C6H7NO4.C3H7NO4S2.C3H4.C2H3N3O.C2H3NS.CH3N3/c1-9-7(11)6-12-13-8-4-2-3-5-10-8;1-8-5(10)4-9-6(11)2-3-7(9)12;1-4(8)11-7-5(9)2-3-6(7)10;1-4-3(5)2-9-10(6,7)8;1-3-2;1-2(6)4-5-3;1-4-2-3;1-3-4-2/h2-5H,6H2,1H3,(H,9,11);2-3H,4H2,1H3,(H,8,10);2-3H2,1H3;2H2,1H3,(H,4,5)(H,6,7,8);1H,2H3;1H3;2*1H3/p-1. The number of nitrogens with one attached hydrogen (secondary N) is 3. The van der Waals surface area contributed by atoms with Crippen molar-refractivity contribution in [3.8, 4) is 17.7 Å². The Hall–Kier alpha value is -6.30. The number of hydrogen-bond donors (Lipinski definition) is 3. The second kappa shape index (κ2) is 43.8. The van der Waals surface area contributed by atoms with E-state index in [0.29, 0.717) is 10.8 Å². The van der Waals surface area contributed by atoms with Crippen LogP contribution < -0.4 is 16.0 Å². The topological polar surface area (TPSA) is 397 Å². The van der Waals surface area contributed by atoms with Crippen molar-refractivity contribution in [2.24, 2.45) is 10.2 Å². The molecule has 8 amide bonds. The minimum atomic E-state index is -4.32. The summed E-state index contributed by atoms with van der Waals surface area (Å²) in [5.41, 5.74) is 14.8. The predicted octanol–water partition coefficient (Wildman–Crippen LogP) is 2.00. The van der Waals surface area contributed by atoms with E-state index in [1.165, 1.54) is 49.7 Å². The number of rotatable bonds is 10. The Balaban J connectivity index is -0.000000213. The molecule has 346 valence electrons. The Morgan fingerprint density at radius 1 is 0.952 bits per heavy atom. The summed E-state index contributed by atoms with van der Waals surface area (Å²) in [6, 6.07) is 5.71. The summed E-state index contributed by atoms with van der Waals surface area (Å²) < 4.78 is 29.6. The molecular weight excluding hydrogens is 935 g/mol. The summed E-state index contributed by atoms with van der Waals surface area (Å²) in [4.78, 5) is 109. The Bertz CT molecular complexity index is 1930. The van der Waals surface area contributed by atoms with Gasteiger partial charge in [-0.25, -0.2) is 18.2 Å². The maximum Gasteiger partial charge on any atom is 0.330 e. The first kappa shape index (κ1) is 65.8. The molecule has 2 aliphatic rings. The average molecular weight is 979 g/mol. The van der Waals surface area contributed by atoms with Crippen molar-refractivity contribution >= 4 is 107 Å². The smallest absolute Gasteiger partial charge is 0.330 e. The number of likely N-dealkylation sites (N-methyl/N-ethyl adjacent to an activating group) is 1. The van der Waals surface area contributed by atoms with Crippen molar-refractivity contribution in [1.29, 1.82) is 5.26 Å². The van der Waals surface area contributed by atoms with E-state index in [1.54, 1.807) is 26.4 Å². The van der Waals surface area contributed by atoms with E-state index in [1.807, 2.05) is 23.6 Å². The minimum absolute atomic E-state index is 0.0356. The first-order chi connectivity index (χ1) is 29.5. The number of amides is 8. The Morgan fingerprint density at radius 3 is 1.73 bits per heavy atom. The number of thiocyanates is 1. The normalized spacial score (nSPS) is 11.0. The third-order valence-corrected chi connectivity index (χ3v) is 9.14. The first-order valence-corrected chi connectivity index (χ1v) is 22.8. The van der Waals surface area contributed by atoms with Gasteiger partial charge in [0.25, 0.3) is 23.6 Å². The van der Waals surface area contributed by atoms with Crippen LogP contribution in [0, 0.1) is 23.0 Å². The van der Waals surface area contributed by atoms with Crippen LogP contribution in [0.4, 0.5) is 0 Å². The zero-order chi connectivity index (χ0) is 49.8. The van der Waals surface area contributed by atoms with Crippen molar-refractivity contribution in [1.82, 2.24) is 30.9 Å². The largest absolute Gasteiger partial charge is 0.739 e. The number of thioether (sulfide) groups is 1. The number of azide groups is 2. The number of pyridine rings is 1. The molecule has 2 aliphatic heterocycles. The average Bonchev–Trinajstić information content (AvgIpc) is 3.74. The van der Waals surface area contributed by atoms with E-state index in [2.05, 4.69) is 58.2 Å². The number of hydrogen-bond acceptors (Lipinski definition) is 20. The number of carbonyl (C=O) groups excluding carboxylic acids is 9. The lowest BCUT2D eigenvalue weighted by Gasteiger charge is -2.11. The van der Waals surface area contributed by atoms with Crippen molar-refractivity contribution in [3.63, 3.8) is 0 Å².